The van der Waals surface area contributed by atoms with Gasteiger partial charge in [0.05, 0.1) is 12.2 Å². The fraction of sp³-hybridized carbons (Fsp3) is 0.667. The van der Waals surface area contributed by atoms with Gasteiger partial charge in [-0.2, -0.15) is 0 Å². The number of hydrogen-bond donors (Lipinski definition) is 3. The molecule has 2 aliphatic carbocycles. The maximum Gasteiger partial charge on any atom is 0.328 e. The highest BCUT2D eigenvalue weighted by molar-refractivity contribution is 5.08. The van der Waals surface area contributed by atoms with Crippen LogP contribution in [0.25, 0.3) is 0 Å². The Morgan fingerprint density at radius 1 is 1.28 bits per heavy atom. The number of nitrogens with one attached hydrogen (secondary N) is 1. The summed E-state index contributed by atoms with van der Waals surface area (Å²) in [6.07, 6.45) is 1.58. The van der Waals surface area contributed by atoms with Crippen LogP contribution in [0.4, 0.5) is 0 Å². The van der Waals surface area contributed by atoms with Crippen molar-refractivity contribution in [3.8, 4) is 0 Å². The van der Waals surface area contributed by atoms with Crippen LogP contribution in [0.15, 0.2) is 15.8 Å². The molecule has 0 aromatic carbocycles. The highest BCUT2D eigenvalue weighted by Gasteiger charge is 2.54. The van der Waals surface area contributed by atoms with Gasteiger partial charge >= 0.3 is 5.69 Å². The lowest BCUT2D eigenvalue weighted by atomic mass is 9.71. The molecule has 0 saturated heterocycles. The van der Waals surface area contributed by atoms with E-state index in [0.717, 1.165) is 0 Å². The Kier molecular flexibility index (Phi) is 2.46. The summed E-state index contributed by atoms with van der Waals surface area (Å²) < 4.78 is 1.50. The Morgan fingerprint density at radius 2 is 1.94 bits per heavy atom. The Bertz CT molecular complexity index is 590. The molecule has 3 rings (SSSR count). The molecule has 2 saturated carbocycles. The Hall–Kier alpha value is -1.40. The Balaban J connectivity index is 2.00. The van der Waals surface area contributed by atoms with Gasteiger partial charge in [0.2, 0.25) is 0 Å². The predicted octanol–water partition coefficient (Wildman–Crippen LogP) is -0.852. The number of aliphatic hydroxyl groups is 2. The molecule has 5 atom stereocenters. The van der Waals surface area contributed by atoms with Crippen molar-refractivity contribution >= 4 is 0 Å². The lowest BCUT2D eigenvalue weighted by Crippen LogP contribution is -2.46. The van der Waals surface area contributed by atoms with Crippen molar-refractivity contribution in [2.45, 2.75) is 38.0 Å². The maximum atomic E-state index is 11.8. The van der Waals surface area contributed by atoms with Gasteiger partial charge in [0.15, 0.2) is 0 Å². The second kappa shape index (κ2) is 3.80. The molecule has 98 valence electrons. The third-order valence-electron chi connectivity index (χ3n) is 4.38. The quantitative estimate of drug-likeness (QED) is 0.606. The summed E-state index contributed by atoms with van der Waals surface area (Å²) in [5.41, 5.74) is -0.336. The van der Waals surface area contributed by atoms with Gasteiger partial charge in [-0.3, -0.25) is 14.3 Å². The van der Waals surface area contributed by atoms with Crippen molar-refractivity contribution in [1.29, 1.82) is 0 Å². The molecule has 1 unspecified atom stereocenters. The van der Waals surface area contributed by atoms with Gasteiger partial charge in [-0.15, -0.1) is 0 Å². The fourth-order valence-corrected chi connectivity index (χ4v) is 3.37. The average Bonchev–Trinajstić information content (AvgIpc) is 2.54. The number of fused-ring (bicyclic) bond motifs is 1. The topological polar surface area (TPSA) is 95.3 Å². The molecule has 3 N–H and O–H groups in total. The van der Waals surface area contributed by atoms with Crippen molar-refractivity contribution in [1.82, 2.24) is 9.55 Å². The molecule has 2 aliphatic rings. The van der Waals surface area contributed by atoms with E-state index in [1.165, 1.54) is 4.57 Å². The third-order valence-corrected chi connectivity index (χ3v) is 4.38. The van der Waals surface area contributed by atoms with Gasteiger partial charge in [0, 0.05) is 23.7 Å². The zero-order chi connectivity index (χ0) is 13.0. The SMILES string of the molecule is Cc1cn([C@H]2C[C@H](O)[C@@H]3C2C[C@H]3O)c(=O)[nH]c1=O. The second-order valence-electron chi connectivity index (χ2n) is 5.39. The molecule has 6 heteroatoms. The van der Waals surface area contributed by atoms with Crippen LogP contribution >= 0.6 is 0 Å². The number of rotatable bonds is 1. The molecule has 0 spiro atoms. The molecule has 0 bridgehead atoms. The largest absolute Gasteiger partial charge is 0.393 e. The summed E-state index contributed by atoms with van der Waals surface area (Å²) in [5, 5.41) is 19.5. The van der Waals surface area contributed by atoms with Gasteiger partial charge in [-0.1, -0.05) is 0 Å². The molecule has 1 heterocycles. The minimum absolute atomic E-state index is 0.123. The van der Waals surface area contributed by atoms with Crippen LogP contribution in [-0.4, -0.2) is 32.0 Å². The van der Waals surface area contributed by atoms with Crippen LogP contribution in [0, 0.1) is 18.8 Å². The summed E-state index contributed by atoms with van der Waals surface area (Å²) in [6.45, 7) is 1.65. The molecule has 18 heavy (non-hydrogen) atoms. The van der Waals surface area contributed by atoms with Crippen LogP contribution < -0.4 is 11.2 Å². The standard InChI is InChI=1S/C12H16N2O4/c1-5-4-14(12(18)13-11(5)17)7-3-9(16)10-6(7)2-8(10)15/h4,6-10,15-16H,2-3H2,1H3,(H,13,17,18)/t6?,7-,8+,9-,10+/m0/s1. The molecular formula is C12H16N2O4. The van der Waals surface area contributed by atoms with Crippen molar-refractivity contribution < 1.29 is 10.2 Å². The molecule has 2 fully saturated rings. The van der Waals surface area contributed by atoms with E-state index in [0.29, 0.717) is 18.4 Å². The monoisotopic (exact) mass is 252 g/mol. The first-order chi connectivity index (χ1) is 8.49. The first kappa shape index (κ1) is 11.7. The third kappa shape index (κ3) is 1.49. The number of aliphatic hydroxyl groups excluding tert-OH is 2. The molecule has 1 aromatic rings. The fourth-order valence-electron chi connectivity index (χ4n) is 3.37. The normalized spacial score (nSPS) is 38.3. The van der Waals surface area contributed by atoms with Crippen molar-refractivity contribution in [2.24, 2.45) is 11.8 Å². The van der Waals surface area contributed by atoms with Crippen molar-refractivity contribution in [2.75, 3.05) is 0 Å². The zero-order valence-electron chi connectivity index (χ0n) is 10.0. The molecule has 0 radical (unpaired) electrons. The van der Waals surface area contributed by atoms with E-state index in [9.17, 15) is 19.8 Å². The molecule has 0 aliphatic heterocycles. The van der Waals surface area contributed by atoms with Crippen LogP contribution in [0.2, 0.25) is 0 Å². The average molecular weight is 252 g/mol. The van der Waals surface area contributed by atoms with Crippen molar-refractivity contribution in [3.63, 3.8) is 0 Å². The van der Waals surface area contributed by atoms with Crippen LogP contribution in [0.3, 0.4) is 0 Å². The summed E-state index contributed by atoms with van der Waals surface area (Å²) in [7, 11) is 0. The minimum Gasteiger partial charge on any atom is -0.393 e. The van der Waals surface area contributed by atoms with Gasteiger partial charge in [0.25, 0.3) is 5.56 Å². The Morgan fingerprint density at radius 3 is 2.56 bits per heavy atom. The van der Waals surface area contributed by atoms with Gasteiger partial charge in [0.1, 0.15) is 0 Å². The smallest absolute Gasteiger partial charge is 0.328 e. The van der Waals surface area contributed by atoms with E-state index < -0.39 is 17.9 Å². The van der Waals surface area contributed by atoms with E-state index in [4.69, 9.17) is 0 Å². The number of H-pyrrole nitrogens is 1. The molecule has 0 amide bonds. The first-order valence-corrected chi connectivity index (χ1v) is 6.17. The molecule has 6 nitrogen and oxygen atoms in total. The van der Waals surface area contributed by atoms with Crippen LogP contribution in [0.5, 0.6) is 0 Å². The number of aromatic amines is 1. The minimum atomic E-state index is -0.567. The number of aryl methyl sites for hydroxylation is 1. The first-order valence-electron chi connectivity index (χ1n) is 6.17. The Labute approximate surface area is 103 Å². The predicted molar refractivity (Wildman–Crippen MR) is 63.3 cm³/mol. The van der Waals surface area contributed by atoms with Crippen LogP contribution in [0.1, 0.15) is 24.4 Å². The number of hydrogen-bond acceptors (Lipinski definition) is 4. The van der Waals surface area contributed by atoms with Gasteiger partial charge in [-0.25, -0.2) is 4.79 Å². The lowest BCUT2D eigenvalue weighted by molar-refractivity contribution is -0.0689. The van der Waals surface area contributed by atoms with Crippen LogP contribution in [-0.2, 0) is 0 Å². The maximum absolute atomic E-state index is 11.8. The summed E-state index contributed by atoms with van der Waals surface area (Å²) in [5.74, 6) is -0.00728. The highest BCUT2D eigenvalue weighted by Crippen LogP contribution is 2.52. The van der Waals surface area contributed by atoms with Gasteiger partial charge in [-0.05, 0) is 25.7 Å². The van der Waals surface area contributed by atoms with E-state index in [-0.39, 0.29) is 23.4 Å². The second-order valence-corrected chi connectivity index (χ2v) is 5.39. The summed E-state index contributed by atoms with van der Waals surface area (Å²) >= 11 is 0. The van der Waals surface area contributed by atoms with E-state index >= 15 is 0 Å². The van der Waals surface area contributed by atoms with E-state index in [2.05, 4.69) is 4.98 Å². The number of aromatic nitrogens is 2. The molecular weight excluding hydrogens is 236 g/mol. The lowest BCUT2D eigenvalue weighted by Gasteiger charge is -2.40. The number of nitrogens with zero attached hydrogens (tertiary/aromatic N) is 1. The summed E-state index contributed by atoms with van der Waals surface area (Å²) in [6, 6.07) is -0.128. The zero-order valence-corrected chi connectivity index (χ0v) is 10.0. The van der Waals surface area contributed by atoms with Gasteiger partial charge < -0.3 is 10.2 Å². The molecule has 1 aromatic heterocycles. The summed E-state index contributed by atoms with van der Waals surface area (Å²) in [4.78, 5) is 25.4. The van der Waals surface area contributed by atoms with E-state index in [1.807, 2.05) is 0 Å². The van der Waals surface area contributed by atoms with E-state index in [1.54, 1.807) is 13.1 Å². The highest BCUT2D eigenvalue weighted by atomic mass is 16.3. The van der Waals surface area contributed by atoms with Crippen molar-refractivity contribution in [3.05, 3.63) is 32.6 Å².